The van der Waals surface area contributed by atoms with Gasteiger partial charge >= 0.3 is 0 Å². The number of allylic oxidation sites excluding steroid dienone is 4. The van der Waals surface area contributed by atoms with Gasteiger partial charge in [-0.1, -0.05) is 133 Å². The maximum Gasteiger partial charge on any atom is 0.105 e. The molecule has 7 aromatic carbocycles. The first kappa shape index (κ1) is 29.8. The first-order valence-corrected chi connectivity index (χ1v) is 19.0. The maximum atomic E-state index is 4.10. The molecule has 2 N–H and O–H groups in total. The predicted octanol–water partition coefficient (Wildman–Crippen LogP) is 12.8. The van der Waals surface area contributed by atoms with Crippen molar-refractivity contribution >= 4 is 75.3 Å². The van der Waals surface area contributed by atoms with Crippen LogP contribution in [0.5, 0.6) is 0 Å². The molecule has 0 amide bonds. The Balaban J connectivity index is 1.11. The van der Waals surface area contributed by atoms with Gasteiger partial charge in [-0.15, -0.1) is 11.3 Å². The molecule has 2 aliphatic rings. The summed E-state index contributed by atoms with van der Waals surface area (Å²) >= 11 is 1.92. The Morgan fingerprint density at radius 3 is 2.12 bits per heavy atom. The van der Waals surface area contributed by atoms with E-state index in [1.807, 2.05) is 11.3 Å². The number of thiophene rings is 1. The Morgan fingerprint density at radius 2 is 1.33 bits per heavy atom. The van der Waals surface area contributed by atoms with Crippen LogP contribution < -0.4 is 10.6 Å². The second kappa shape index (κ2) is 11.8. The van der Waals surface area contributed by atoms with Gasteiger partial charge in [0.15, 0.2) is 0 Å². The molecule has 3 heterocycles. The van der Waals surface area contributed by atoms with Gasteiger partial charge in [-0.25, -0.2) is 0 Å². The van der Waals surface area contributed by atoms with Crippen molar-refractivity contribution in [2.24, 2.45) is 0 Å². The number of fused-ring (bicyclic) bond motifs is 9. The highest BCUT2D eigenvalue weighted by Crippen LogP contribution is 2.47. The minimum absolute atomic E-state index is 0.0424. The van der Waals surface area contributed by atoms with E-state index in [2.05, 4.69) is 179 Å². The Hall–Kier alpha value is -5.94. The highest BCUT2D eigenvalue weighted by atomic mass is 32.1. The molecule has 11 rings (SSSR count). The number of hydrogen-bond donors (Lipinski definition) is 2. The Kier molecular flexibility index (Phi) is 6.76. The fourth-order valence-electron chi connectivity index (χ4n) is 8.74. The molecule has 1 aliphatic carbocycles. The zero-order chi connectivity index (χ0) is 34.2. The third-order valence-corrected chi connectivity index (χ3v) is 12.4. The maximum absolute atomic E-state index is 4.10. The van der Waals surface area contributed by atoms with Crippen LogP contribution in [0.15, 0.2) is 164 Å². The van der Waals surface area contributed by atoms with Crippen molar-refractivity contribution in [2.75, 3.05) is 5.32 Å². The number of para-hydroxylation sites is 3. The van der Waals surface area contributed by atoms with Gasteiger partial charge in [0.25, 0.3) is 0 Å². The number of aromatic nitrogens is 1. The highest BCUT2D eigenvalue weighted by molar-refractivity contribution is 7.26. The van der Waals surface area contributed by atoms with Gasteiger partial charge in [-0.2, -0.15) is 0 Å². The lowest BCUT2D eigenvalue weighted by atomic mass is 9.90. The summed E-state index contributed by atoms with van der Waals surface area (Å²) in [6, 6.07) is 53.8. The average molecular weight is 686 g/mol. The molecule has 0 radical (unpaired) electrons. The lowest BCUT2D eigenvalue weighted by molar-refractivity contribution is 0.509. The van der Waals surface area contributed by atoms with E-state index in [1.54, 1.807) is 0 Å². The van der Waals surface area contributed by atoms with Crippen LogP contribution in [0.25, 0.3) is 64.0 Å². The van der Waals surface area contributed by atoms with E-state index < -0.39 is 0 Å². The highest BCUT2D eigenvalue weighted by Gasteiger charge is 2.30. The van der Waals surface area contributed by atoms with Crippen molar-refractivity contribution in [3.05, 3.63) is 186 Å². The van der Waals surface area contributed by atoms with E-state index in [0.29, 0.717) is 0 Å². The summed E-state index contributed by atoms with van der Waals surface area (Å²) in [6.07, 6.45) is 8.80. The molecule has 2 aromatic heterocycles. The zero-order valence-electron chi connectivity index (χ0n) is 28.5. The van der Waals surface area contributed by atoms with Crippen molar-refractivity contribution in [3.8, 4) is 5.69 Å². The third kappa shape index (κ3) is 4.55. The van der Waals surface area contributed by atoms with Crippen LogP contribution in [-0.4, -0.2) is 4.57 Å². The molecule has 1 aliphatic heterocycles. The van der Waals surface area contributed by atoms with Crippen LogP contribution in [0.3, 0.4) is 0 Å². The Bertz CT molecular complexity index is 2870. The van der Waals surface area contributed by atoms with Gasteiger partial charge in [0.2, 0.25) is 0 Å². The Morgan fingerprint density at radius 1 is 0.615 bits per heavy atom. The number of benzene rings is 7. The molecular weight excluding hydrogens is 651 g/mol. The van der Waals surface area contributed by atoms with Gasteiger partial charge < -0.3 is 9.88 Å². The molecule has 248 valence electrons. The van der Waals surface area contributed by atoms with Crippen molar-refractivity contribution in [1.82, 2.24) is 9.88 Å². The minimum Gasteiger partial charge on any atom is -0.366 e. The van der Waals surface area contributed by atoms with E-state index in [9.17, 15) is 0 Å². The Labute approximate surface area is 306 Å². The van der Waals surface area contributed by atoms with Crippen LogP contribution in [0.1, 0.15) is 47.3 Å². The SMILES string of the molecule is C1=CCCC(c2ccc(C3NC(c4cc5ccccc5c5c4sc4c(-n6c7ccccc7c7ccccc76)cccc45)Nc4ccccc43)cc2)=C1. The first-order valence-electron chi connectivity index (χ1n) is 18.2. The van der Waals surface area contributed by atoms with Gasteiger partial charge in [0, 0.05) is 37.5 Å². The van der Waals surface area contributed by atoms with Crippen molar-refractivity contribution < 1.29 is 0 Å². The van der Waals surface area contributed by atoms with Gasteiger partial charge in [-0.05, 0) is 76.2 Å². The normalized spacial score (nSPS) is 17.2. The number of rotatable bonds is 4. The monoisotopic (exact) mass is 685 g/mol. The molecular formula is C48H35N3S. The molecule has 2 atom stereocenters. The fraction of sp³-hybridized carbons (Fsp3) is 0.0833. The van der Waals surface area contributed by atoms with E-state index in [-0.39, 0.29) is 12.2 Å². The van der Waals surface area contributed by atoms with Crippen LogP contribution >= 0.6 is 11.3 Å². The van der Waals surface area contributed by atoms with Crippen molar-refractivity contribution in [3.63, 3.8) is 0 Å². The summed E-state index contributed by atoms with van der Waals surface area (Å²) in [5, 5.41) is 15.8. The zero-order valence-corrected chi connectivity index (χ0v) is 29.3. The predicted molar refractivity (Wildman–Crippen MR) is 222 cm³/mol. The number of anilines is 1. The fourth-order valence-corrected chi connectivity index (χ4v) is 10.1. The summed E-state index contributed by atoms with van der Waals surface area (Å²) in [4.78, 5) is 0. The smallest absolute Gasteiger partial charge is 0.105 e. The summed E-state index contributed by atoms with van der Waals surface area (Å²) in [5.74, 6) is 0. The van der Waals surface area contributed by atoms with E-state index in [4.69, 9.17) is 0 Å². The molecule has 3 nitrogen and oxygen atoms in total. The lowest BCUT2D eigenvalue weighted by Crippen LogP contribution is -2.37. The van der Waals surface area contributed by atoms with Gasteiger partial charge in [0.05, 0.1) is 27.5 Å². The van der Waals surface area contributed by atoms with E-state index >= 15 is 0 Å². The summed E-state index contributed by atoms with van der Waals surface area (Å²) in [6.45, 7) is 0. The largest absolute Gasteiger partial charge is 0.366 e. The van der Waals surface area contributed by atoms with Crippen molar-refractivity contribution in [1.29, 1.82) is 0 Å². The number of nitrogens with zero attached hydrogens (tertiary/aromatic N) is 1. The van der Waals surface area contributed by atoms with Crippen LogP contribution in [-0.2, 0) is 0 Å². The molecule has 0 saturated heterocycles. The molecule has 0 spiro atoms. The average Bonchev–Trinajstić information content (AvgIpc) is 3.77. The molecule has 9 aromatic rings. The topological polar surface area (TPSA) is 29.0 Å². The first-order chi connectivity index (χ1) is 25.8. The van der Waals surface area contributed by atoms with Crippen LogP contribution in [0.2, 0.25) is 0 Å². The summed E-state index contributed by atoms with van der Waals surface area (Å²) in [7, 11) is 0. The van der Waals surface area contributed by atoms with E-state index in [0.717, 1.165) is 12.8 Å². The molecule has 52 heavy (non-hydrogen) atoms. The molecule has 0 saturated carbocycles. The van der Waals surface area contributed by atoms with Crippen LogP contribution in [0.4, 0.5) is 5.69 Å². The number of nitrogens with one attached hydrogen (secondary N) is 2. The molecule has 4 heteroatoms. The van der Waals surface area contributed by atoms with E-state index in [1.165, 1.54) is 92.0 Å². The molecule has 0 fully saturated rings. The summed E-state index contributed by atoms with van der Waals surface area (Å²) in [5.41, 5.74) is 11.4. The minimum atomic E-state index is -0.0948. The summed E-state index contributed by atoms with van der Waals surface area (Å²) < 4.78 is 5.09. The second-order valence-corrected chi connectivity index (χ2v) is 15.1. The van der Waals surface area contributed by atoms with Crippen molar-refractivity contribution in [2.45, 2.75) is 25.0 Å². The third-order valence-electron chi connectivity index (χ3n) is 11.2. The quantitative estimate of drug-likeness (QED) is 0.193. The van der Waals surface area contributed by atoms with Crippen LogP contribution in [0, 0.1) is 0 Å². The van der Waals surface area contributed by atoms with Gasteiger partial charge in [0.1, 0.15) is 6.17 Å². The second-order valence-electron chi connectivity index (χ2n) is 14.1. The standard InChI is InChI=1S/C48H35N3S/c1-2-13-30(14-3-1)31-25-27-32(28-26-31)45-37-19-6-9-21-40(37)49-48(50-45)39-29-33-15-4-5-16-34(33)44-38-20-12-24-43(46(38)52-47(39)44)51-41-22-10-7-17-35(41)36-18-8-11-23-42(36)51/h1-2,4-13,15-29,45,48-50H,3,14H2. The number of hydrogen-bond acceptors (Lipinski definition) is 3. The van der Waals surface area contributed by atoms with Gasteiger partial charge in [-0.3, -0.25) is 5.32 Å². The molecule has 2 unspecified atom stereocenters. The lowest BCUT2D eigenvalue weighted by Gasteiger charge is -2.35. The molecule has 0 bridgehead atoms.